The maximum atomic E-state index is 2.66. The highest BCUT2D eigenvalue weighted by Gasteiger charge is 2.48. The minimum absolute atomic E-state index is 0.434. The molecular weight excluding hydrogens is 501 g/mol. The Balaban J connectivity index is 2.31. The zero-order chi connectivity index (χ0) is 28.9. The SMILES string of the molecule is CCc1cc(CC)cc([Si](C2=C(C)C(C)=C(C)C2C)(c2cc(C)cc(C)c2)c2cc(C)cc([Si](C)(C)C)c2)c1. The fourth-order valence-electron chi connectivity index (χ4n) is 6.95. The molecule has 206 valence electrons. The zero-order valence-corrected chi connectivity index (χ0v) is 28.7. The van der Waals surface area contributed by atoms with Crippen LogP contribution in [0.2, 0.25) is 19.6 Å². The molecule has 0 fully saturated rings. The van der Waals surface area contributed by atoms with Crippen LogP contribution in [0.15, 0.2) is 76.5 Å². The average Bonchev–Trinajstić information content (AvgIpc) is 3.06. The molecule has 3 aromatic rings. The Morgan fingerprint density at radius 1 is 0.538 bits per heavy atom. The van der Waals surface area contributed by atoms with Gasteiger partial charge in [-0.05, 0) is 92.6 Å². The smallest absolute Gasteiger partial charge is 0.0656 e. The van der Waals surface area contributed by atoms with Crippen LogP contribution < -0.4 is 20.7 Å². The minimum Gasteiger partial charge on any atom is -0.0656 e. The number of hydrogen-bond acceptors (Lipinski definition) is 0. The van der Waals surface area contributed by atoms with Crippen LogP contribution in [-0.2, 0) is 12.8 Å². The Morgan fingerprint density at radius 2 is 0.974 bits per heavy atom. The van der Waals surface area contributed by atoms with Crippen LogP contribution in [0.25, 0.3) is 0 Å². The van der Waals surface area contributed by atoms with E-state index in [1.165, 1.54) is 39.0 Å². The first kappa shape index (κ1) is 29.6. The van der Waals surface area contributed by atoms with Crippen molar-refractivity contribution in [2.75, 3.05) is 0 Å². The summed E-state index contributed by atoms with van der Waals surface area (Å²) in [5.41, 5.74) is 11.6. The van der Waals surface area contributed by atoms with Crippen LogP contribution in [0.1, 0.15) is 69.4 Å². The van der Waals surface area contributed by atoms with Crippen LogP contribution in [0, 0.1) is 26.7 Å². The molecule has 0 aromatic heterocycles. The van der Waals surface area contributed by atoms with Gasteiger partial charge in [-0.25, -0.2) is 0 Å². The molecule has 0 saturated carbocycles. The lowest BCUT2D eigenvalue weighted by molar-refractivity contribution is 0.851. The van der Waals surface area contributed by atoms with Crippen LogP contribution in [0.4, 0.5) is 0 Å². The summed E-state index contributed by atoms with van der Waals surface area (Å²) in [6.45, 7) is 28.6. The molecule has 4 rings (SSSR count). The Hall–Kier alpha value is -2.43. The molecule has 0 N–H and O–H groups in total. The lowest BCUT2D eigenvalue weighted by atomic mass is 10.1. The van der Waals surface area contributed by atoms with E-state index in [0.29, 0.717) is 5.92 Å². The van der Waals surface area contributed by atoms with E-state index in [2.05, 4.69) is 137 Å². The van der Waals surface area contributed by atoms with Gasteiger partial charge >= 0.3 is 0 Å². The van der Waals surface area contributed by atoms with Gasteiger partial charge in [-0.15, -0.1) is 0 Å². The predicted molar refractivity (Wildman–Crippen MR) is 180 cm³/mol. The molecule has 0 aliphatic heterocycles. The number of benzene rings is 3. The normalized spacial score (nSPS) is 17.7. The van der Waals surface area contributed by atoms with Gasteiger partial charge in [0.05, 0.1) is 8.07 Å². The molecule has 0 heterocycles. The van der Waals surface area contributed by atoms with Crippen molar-refractivity contribution in [3.63, 3.8) is 0 Å². The third-order valence-electron chi connectivity index (χ3n) is 9.38. The molecule has 2 heteroatoms. The third-order valence-corrected chi connectivity index (χ3v) is 16.5. The molecule has 0 radical (unpaired) electrons. The van der Waals surface area contributed by atoms with Gasteiger partial charge in [0, 0.05) is 0 Å². The van der Waals surface area contributed by atoms with Crippen LogP contribution >= 0.6 is 0 Å². The summed E-state index contributed by atoms with van der Waals surface area (Å²) in [7, 11) is -4.18. The van der Waals surface area contributed by atoms with E-state index in [1.807, 2.05) is 0 Å². The van der Waals surface area contributed by atoms with E-state index in [1.54, 1.807) is 31.5 Å². The number of hydrogen-bond donors (Lipinski definition) is 0. The number of rotatable bonds is 7. The van der Waals surface area contributed by atoms with Crippen molar-refractivity contribution >= 4 is 36.9 Å². The van der Waals surface area contributed by atoms with Gasteiger partial charge in [-0.1, -0.05) is 133 Å². The molecule has 0 amide bonds. The fourth-order valence-corrected chi connectivity index (χ4v) is 14.4. The highest BCUT2D eigenvalue weighted by atomic mass is 28.3. The van der Waals surface area contributed by atoms with Gasteiger partial charge in [0.1, 0.15) is 0 Å². The van der Waals surface area contributed by atoms with Crippen molar-refractivity contribution in [3.05, 3.63) is 104 Å². The van der Waals surface area contributed by atoms with Crippen LogP contribution in [-0.4, -0.2) is 16.1 Å². The first-order valence-corrected chi connectivity index (χ1v) is 20.5. The molecule has 0 spiro atoms. The molecule has 0 saturated heterocycles. The molecular formula is C37H50Si2. The van der Waals surface area contributed by atoms with E-state index in [-0.39, 0.29) is 0 Å². The van der Waals surface area contributed by atoms with Crippen LogP contribution in [0.5, 0.6) is 0 Å². The Bertz CT molecular complexity index is 1440. The van der Waals surface area contributed by atoms with Gasteiger partial charge in [0.25, 0.3) is 0 Å². The summed E-state index contributed by atoms with van der Waals surface area (Å²) in [6, 6.07) is 22.8. The van der Waals surface area contributed by atoms with Gasteiger partial charge in [-0.3, -0.25) is 0 Å². The first-order chi connectivity index (χ1) is 18.2. The maximum absolute atomic E-state index is 2.66. The molecule has 0 nitrogen and oxygen atoms in total. The predicted octanol–water partition coefficient (Wildman–Crippen LogP) is 7.59. The number of allylic oxidation sites excluding steroid dienone is 4. The first-order valence-electron chi connectivity index (χ1n) is 15.0. The van der Waals surface area contributed by atoms with Crippen molar-refractivity contribution in [2.24, 2.45) is 5.92 Å². The summed E-state index contributed by atoms with van der Waals surface area (Å²) < 4.78 is 0. The van der Waals surface area contributed by atoms with E-state index in [9.17, 15) is 0 Å². The summed E-state index contributed by atoms with van der Waals surface area (Å²) in [4.78, 5) is 0. The van der Waals surface area contributed by atoms with Crippen LogP contribution in [0.3, 0.4) is 0 Å². The Morgan fingerprint density at radius 3 is 1.41 bits per heavy atom. The monoisotopic (exact) mass is 550 g/mol. The molecule has 1 aliphatic carbocycles. The standard InChI is InChI=1S/C37H50Si2/c1-13-31-20-32(14-2)22-36(21-31)39(34-17-24(3)15-25(4)18-34,37-29(8)27(6)28(7)30(37)9)35-19-26(5)16-33(23-35)38(10,11)12/h15-23,29H,13-14H2,1-12H3. The molecule has 1 aliphatic rings. The van der Waals surface area contributed by atoms with Crippen molar-refractivity contribution < 1.29 is 0 Å². The maximum Gasteiger partial charge on any atom is 0.176 e. The topological polar surface area (TPSA) is 0 Å². The van der Waals surface area contributed by atoms with E-state index in [4.69, 9.17) is 0 Å². The van der Waals surface area contributed by atoms with E-state index < -0.39 is 16.1 Å². The minimum atomic E-state index is -2.64. The molecule has 3 aromatic carbocycles. The summed E-state index contributed by atoms with van der Waals surface area (Å²) in [5.74, 6) is 0.434. The summed E-state index contributed by atoms with van der Waals surface area (Å²) in [6.07, 6.45) is 2.13. The fraction of sp³-hybridized carbons (Fsp3) is 0.405. The second-order valence-electron chi connectivity index (χ2n) is 13.3. The second-order valence-corrected chi connectivity index (χ2v) is 22.1. The second kappa shape index (κ2) is 10.9. The quantitative estimate of drug-likeness (QED) is 0.210. The average molecular weight is 551 g/mol. The lowest BCUT2D eigenvalue weighted by Gasteiger charge is -2.40. The van der Waals surface area contributed by atoms with E-state index >= 15 is 0 Å². The van der Waals surface area contributed by atoms with Crippen molar-refractivity contribution in [1.29, 1.82) is 0 Å². The lowest BCUT2D eigenvalue weighted by Crippen LogP contribution is -2.70. The van der Waals surface area contributed by atoms with Gasteiger partial charge < -0.3 is 0 Å². The molecule has 0 bridgehead atoms. The highest BCUT2D eigenvalue weighted by molar-refractivity contribution is 7.16. The summed E-state index contributed by atoms with van der Waals surface area (Å²) in [5, 5.41) is 7.96. The zero-order valence-electron chi connectivity index (χ0n) is 26.7. The van der Waals surface area contributed by atoms with Crippen molar-refractivity contribution in [3.8, 4) is 0 Å². The Labute approximate surface area is 241 Å². The largest absolute Gasteiger partial charge is 0.176 e. The Kier molecular flexibility index (Phi) is 8.23. The van der Waals surface area contributed by atoms with Crippen molar-refractivity contribution in [1.82, 2.24) is 0 Å². The van der Waals surface area contributed by atoms with E-state index in [0.717, 1.165) is 12.8 Å². The van der Waals surface area contributed by atoms with Gasteiger partial charge in [-0.2, -0.15) is 0 Å². The molecule has 39 heavy (non-hydrogen) atoms. The molecule has 2 atom stereocenters. The van der Waals surface area contributed by atoms with Crippen molar-refractivity contribution in [2.45, 2.75) is 94.8 Å². The van der Waals surface area contributed by atoms with Gasteiger partial charge in [0.2, 0.25) is 0 Å². The summed E-state index contributed by atoms with van der Waals surface area (Å²) >= 11 is 0. The molecule has 2 unspecified atom stereocenters. The van der Waals surface area contributed by atoms with Gasteiger partial charge in [0.15, 0.2) is 8.07 Å². The number of aryl methyl sites for hydroxylation is 5. The highest BCUT2D eigenvalue weighted by Crippen LogP contribution is 2.41. The third kappa shape index (κ3) is 5.23.